The number of hydrogen-bond donors (Lipinski definition) is 1. The average molecular weight is 280 g/mol. The molecule has 1 atom stereocenters. The quantitative estimate of drug-likeness (QED) is 0.939. The zero-order chi connectivity index (χ0) is 12.6. The third kappa shape index (κ3) is 2.64. The highest BCUT2D eigenvalue weighted by Crippen LogP contribution is 2.27. The van der Waals surface area contributed by atoms with E-state index >= 15 is 0 Å². The Morgan fingerprint density at radius 2 is 2.39 bits per heavy atom. The predicted molar refractivity (Wildman–Crippen MR) is 75.9 cm³/mol. The maximum absolute atomic E-state index is 9.94. The summed E-state index contributed by atoms with van der Waals surface area (Å²) in [6.07, 6.45) is 0.856. The molecule has 0 aliphatic carbocycles. The van der Waals surface area contributed by atoms with Crippen molar-refractivity contribution in [3.63, 3.8) is 0 Å². The van der Waals surface area contributed by atoms with Crippen molar-refractivity contribution in [2.45, 2.75) is 25.5 Å². The Morgan fingerprint density at radius 1 is 1.50 bits per heavy atom. The standard InChI is InChI=1S/C13H16N2OS2/c1-13(16)3-4-15(9-13)6-11-8-18-12(14-11)10-2-5-17-7-10/h2,5,7-8,16H,3-4,6,9H2,1H3. The van der Waals surface area contributed by atoms with E-state index in [-0.39, 0.29) is 0 Å². The zero-order valence-corrected chi connectivity index (χ0v) is 11.9. The monoisotopic (exact) mass is 280 g/mol. The Balaban J connectivity index is 1.68. The van der Waals surface area contributed by atoms with Crippen molar-refractivity contribution in [3.8, 4) is 10.6 Å². The maximum Gasteiger partial charge on any atom is 0.124 e. The Bertz CT molecular complexity index is 519. The van der Waals surface area contributed by atoms with E-state index in [0.717, 1.165) is 36.8 Å². The molecule has 1 N–H and O–H groups in total. The highest BCUT2D eigenvalue weighted by Gasteiger charge is 2.31. The highest BCUT2D eigenvalue weighted by molar-refractivity contribution is 7.14. The molecule has 2 aromatic rings. The largest absolute Gasteiger partial charge is 0.389 e. The van der Waals surface area contributed by atoms with Crippen LogP contribution in [0.2, 0.25) is 0 Å². The van der Waals surface area contributed by atoms with E-state index in [1.165, 1.54) is 5.56 Å². The number of thiophene rings is 1. The van der Waals surface area contributed by atoms with E-state index in [9.17, 15) is 5.11 Å². The van der Waals surface area contributed by atoms with Gasteiger partial charge < -0.3 is 5.11 Å². The first-order valence-corrected chi connectivity index (χ1v) is 7.86. The molecule has 96 valence electrons. The minimum Gasteiger partial charge on any atom is -0.389 e. The fourth-order valence-corrected chi connectivity index (χ4v) is 3.82. The lowest BCUT2D eigenvalue weighted by Crippen LogP contribution is -2.29. The molecule has 1 fully saturated rings. The van der Waals surface area contributed by atoms with E-state index in [2.05, 4.69) is 32.1 Å². The zero-order valence-electron chi connectivity index (χ0n) is 10.3. The summed E-state index contributed by atoms with van der Waals surface area (Å²) in [6.45, 7) is 4.46. The highest BCUT2D eigenvalue weighted by atomic mass is 32.1. The Hall–Kier alpha value is -0.750. The number of aliphatic hydroxyl groups is 1. The fraction of sp³-hybridized carbons (Fsp3) is 0.462. The Labute approximate surface area is 115 Å². The van der Waals surface area contributed by atoms with Gasteiger partial charge in [-0.1, -0.05) is 0 Å². The molecule has 3 nitrogen and oxygen atoms in total. The maximum atomic E-state index is 9.94. The molecule has 1 unspecified atom stereocenters. The van der Waals surface area contributed by atoms with Gasteiger partial charge >= 0.3 is 0 Å². The van der Waals surface area contributed by atoms with Crippen LogP contribution in [0.4, 0.5) is 0 Å². The van der Waals surface area contributed by atoms with Crippen LogP contribution in [0.25, 0.3) is 10.6 Å². The van der Waals surface area contributed by atoms with Crippen LogP contribution in [0.1, 0.15) is 19.0 Å². The topological polar surface area (TPSA) is 36.4 Å². The number of likely N-dealkylation sites (tertiary alicyclic amines) is 1. The summed E-state index contributed by atoms with van der Waals surface area (Å²) >= 11 is 3.40. The smallest absolute Gasteiger partial charge is 0.124 e. The van der Waals surface area contributed by atoms with Gasteiger partial charge in [0.05, 0.1) is 11.3 Å². The van der Waals surface area contributed by atoms with Gasteiger partial charge in [0.1, 0.15) is 5.01 Å². The molecule has 3 rings (SSSR count). The normalized spacial score (nSPS) is 24.8. The van der Waals surface area contributed by atoms with Gasteiger partial charge in [-0.2, -0.15) is 11.3 Å². The first-order chi connectivity index (χ1) is 8.62. The summed E-state index contributed by atoms with van der Waals surface area (Å²) < 4.78 is 0. The molecule has 0 saturated carbocycles. The lowest BCUT2D eigenvalue weighted by Gasteiger charge is -2.17. The third-order valence-corrected chi connectivity index (χ3v) is 4.86. The van der Waals surface area contributed by atoms with Crippen LogP contribution in [0.5, 0.6) is 0 Å². The van der Waals surface area contributed by atoms with Crippen molar-refractivity contribution < 1.29 is 5.11 Å². The average Bonchev–Trinajstić information content (AvgIpc) is 2.99. The van der Waals surface area contributed by atoms with Crippen molar-refractivity contribution in [2.75, 3.05) is 13.1 Å². The second-order valence-electron chi connectivity index (χ2n) is 5.11. The SMILES string of the molecule is CC1(O)CCN(Cc2csc(-c3ccsc3)n2)C1. The lowest BCUT2D eigenvalue weighted by atomic mass is 10.1. The van der Waals surface area contributed by atoms with E-state index in [4.69, 9.17) is 0 Å². The van der Waals surface area contributed by atoms with Gasteiger partial charge in [-0.3, -0.25) is 4.90 Å². The summed E-state index contributed by atoms with van der Waals surface area (Å²) in [6, 6.07) is 2.11. The van der Waals surface area contributed by atoms with Gasteiger partial charge in [0, 0.05) is 36.0 Å². The molecule has 1 aliphatic heterocycles. The number of hydrogen-bond acceptors (Lipinski definition) is 5. The van der Waals surface area contributed by atoms with Crippen molar-refractivity contribution in [3.05, 3.63) is 27.9 Å². The molecule has 0 amide bonds. The van der Waals surface area contributed by atoms with Gasteiger partial charge in [0.15, 0.2) is 0 Å². The van der Waals surface area contributed by atoms with Gasteiger partial charge in [-0.05, 0) is 24.8 Å². The van der Waals surface area contributed by atoms with E-state index in [1.54, 1.807) is 22.7 Å². The van der Waals surface area contributed by atoms with Crippen LogP contribution in [0.15, 0.2) is 22.2 Å². The lowest BCUT2D eigenvalue weighted by molar-refractivity contribution is 0.0678. The first-order valence-electron chi connectivity index (χ1n) is 6.04. The molecular formula is C13H16N2OS2. The number of aromatic nitrogens is 1. The number of nitrogens with zero attached hydrogens (tertiary/aromatic N) is 2. The van der Waals surface area contributed by atoms with Gasteiger partial charge in [-0.25, -0.2) is 4.98 Å². The van der Waals surface area contributed by atoms with Crippen LogP contribution >= 0.6 is 22.7 Å². The second kappa shape index (κ2) is 4.74. The van der Waals surface area contributed by atoms with Crippen LogP contribution in [-0.4, -0.2) is 33.7 Å². The number of thiazole rings is 1. The second-order valence-corrected chi connectivity index (χ2v) is 6.75. The molecule has 3 heterocycles. The molecule has 0 aromatic carbocycles. The molecule has 0 bridgehead atoms. The van der Waals surface area contributed by atoms with Gasteiger partial charge in [0.25, 0.3) is 0 Å². The van der Waals surface area contributed by atoms with Crippen molar-refractivity contribution in [2.24, 2.45) is 0 Å². The molecule has 0 radical (unpaired) electrons. The molecule has 1 aliphatic rings. The van der Waals surface area contributed by atoms with Crippen LogP contribution in [0, 0.1) is 0 Å². The van der Waals surface area contributed by atoms with Crippen LogP contribution in [0.3, 0.4) is 0 Å². The molecule has 1 saturated heterocycles. The molecule has 18 heavy (non-hydrogen) atoms. The van der Waals surface area contributed by atoms with Crippen molar-refractivity contribution in [1.29, 1.82) is 0 Å². The van der Waals surface area contributed by atoms with E-state index in [0.29, 0.717) is 0 Å². The minimum atomic E-state index is -0.522. The van der Waals surface area contributed by atoms with Crippen molar-refractivity contribution >= 4 is 22.7 Å². The first kappa shape index (κ1) is 12.3. The summed E-state index contributed by atoms with van der Waals surface area (Å²) in [5.41, 5.74) is 1.80. The summed E-state index contributed by atoms with van der Waals surface area (Å²) in [5, 5.41) is 17.4. The fourth-order valence-electron chi connectivity index (χ4n) is 2.30. The third-order valence-electron chi connectivity index (χ3n) is 3.24. The van der Waals surface area contributed by atoms with Gasteiger partial charge in [0.2, 0.25) is 0 Å². The minimum absolute atomic E-state index is 0.522. The van der Waals surface area contributed by atoms with Crippen LogP contribution in [-0.2, 0) is 6.54 Å². The summed E-state index contributed by atoms with van der Waals surface area (Å²) in [7, 11) is 0. The molecule has 2 aromatic heterocycles. The predicted octanol–water partition coefficient (Wildman–Crippen LogP) is 2.83. The number of β-amino-alcohol motifs (C(OH)–C–C–N with tert-alkyl or cyclic N) is 1. The molecule has 5 heteroatoms. The van der Waals surface area contributed by atoms with E-state index < -0.39 is 5.60 Å². The Kier molecular flexibility index (Phi) is 3.23. The van der Waals surface area contributed by atoms with Crippen molar-refractivity contribution in [1.82, 2.24) is 9.88 Å². The van der Waals surface area contributed by atoms with Crippen LogP contribution < -0.4 is 0 Å². The van der Waals surface area contributed by atoms with Gasteiger partial charge in [-0.15, -0.1) is 11.3 Å². The number of rotatable bonds is 3. The molecular weight excluding hydrogens is 264 g/mol. The molecule has 0 spiro atoms. The summed E-state index contributed by atoms with van der Waals surface area (Å²) in [4.78, 5) is 6.94. The summed E-state index contributed by atoms with van der Waals surface area (Å²) in [5.74, 6) is 0. The van der Waals surface area contributed by atoms with E-state index in [1.807, 2.05) is 6.92 Å². The Morgan fingerprint density at radius 3 is 3.06 bits per heavy atom.